The molecular formula is C10H16F3NO3. The molecule has 1 fully saturated rings. The molecular weight excluding hydrogens is 239 g/mol. The van der Waals surface area contributed by atoms with Crippen LogP contribution in [-0.2, 0) is 9.53 Å². The van der Waals surface area contributed by atoms with Crippen molar-refractivity contribution in [2.75, 3.05) is 20.3 Å². The number of halogens is 3. The van der Waals surface area contributed by atoms with Crippen molar-refractivity contribution in [3.63, 3.8) is 0 Å². The summed E-state index contributed by atoms with van der Waals surface area (Å²) in [4.78, 5) is 11.7. The van der Waals surface area contributed by atoms with Crippen LogP contribution in [-0.4, -0.2) is 54.5 Å². The predicted octanol–water partition coefficient (Wildman–Crippen LogP) is 1.50. The van der Waals surface area contributed by atoms with Gasteiger partial charge in [0.15, 0.2) is 0 Å². The van der Waals surface area contributed by atoms with Crippen LogP contribution in [0.2, 0.25) is 0 Å². The van der Waals surface area contributed by atoms with E-state index >= 15 is 0 Å². The second-order valence-corrected chi connectivity index (χ2v) is 4.12. The number of carbonyl (C=O) groups is 1. The van der Waals surface area contributed by atoms with Crippen LogP contribution in [0.3, 0.4) is 0 Å². The van der Waals surface area contributed by atoms with Gasteiger partial charge < -0.3 is 9.84 Å². The molecule has 1 rings (SSSR count). The molecule has 0 saturated heterocycles. The van der Waals surface area contributed by atoms with E-state index in [4.69, 9.17) is 9.84 Å². The molecule has 0 aromatic heterocycles. The first-order chi connectivity index (χ1) is 7.86. The SMILES string of the molecule is COCCN(C1CC1)C(CC(=O)O)C(F)(F)F. The highest BCUT2D eigenvalue weighted by Gasteiger charge is 2.48. The quantitative estimate of drug-likeness (QED) is 0.749. The number of hydrogen-bond acceptors (Lipinski definition) is 3. The fraction of sp³-hybridized carbons (Fsp3) is 0.900. The third-order valence-corrected chi connectivity index (χ3v) is 2.72. The molecule has 0 bridgehead atoms. The molecule has 0 heterocycles. The summed E-state index contributed by atoms with van der Waals surface area (Å²) in [5, 5.41) is 8.57. The Morgan fingerprint density at radius 1 is 1.53 bits per heavy atom. The molecule has 1 unspecified atom stereocenters. The van der Waals surface area contributed by atoms with Gasteiger partial charge >= 0.3 is 12.1 Å². The molecule has 17 heavy (non-hydrogen) atoms. The molecule has 0 spiro atoms. The van der Waals surface area contributed by atoms with Gasteiger partial charge in [0.05, 0.1) is 13.0 Å². The molecule has 1 aliphatic rings. The van der Waals surface area contributed by atoms with Gasteiger partial charge in [-0.15, -0.1) is 0 Å². The number of alkyl halides is 3. The molecule has 4 nitrogen and oxygen atoms in total. The molecule has 1 atom stereocenters. The Labute approximate surface area is 97.3 Å². The summed E-state index contributed by atoms with van der Waals surface area (Å²) in [6.45, 7) is 0.279. The van der Waals surface area contributed by atoms with Crippen molar-refractivity contribution in [2.45, 2.75) is 37.5 Å². The van der Waals surface area contributed by atoms with Crippen molar-refractivity contribution in [2.24, 2.45) is 0 Å². The molecule has 1 saturated carbocycles. The lowest BCUT2D eigenvalue weighted by atomic mass is 10.1. The van der Waals surface area contributed by atoms with Crippen LogP contribution >= 0.6 is 0 Å². The summed E-state index contributed by atoms with van der Waals surface area (Å²) in [7, 11) is 1.41. The molecule has 0 aromatic rings. The first-order valence-electron chi connectivity index (χ1n) is 5.39. The van der Waals surface area contributed by atoms with Gasteiger partial charge in [0.25, 0.3) is 0 Å². The Balaban J connectivity index is 2.72. The Morgan fingerprint density at radius 3 is 2.47 bits per heavy atom. The van der Waals surface area contributed by atoms with Gasteiger partial charge in [-0.1, -0.05) is 0 Å². The van der Waals surface area contributed by atoms with Crippen molar-refractivity contribution in [3.05, 3.63) is 0 Å². The van der Waals surface area contributed by atoms with E-state index in [1.807, 2.05) is 0 Å². The Kier molecular flexibility index (Phi) is 4.76. The number of methoxy groups -OCH3 is 1. The van der Waals surface area contributed by atoms with Gasteiger partial charge in [0.2, 0.25) is 0 Å². The summed E-state index contributed by atoms with van der Waals surface area (Å²) in [6.07, 6.45) is -4.05. The molecule has 0 radical (unpaired) electrons. The largest absolute Gasteiger partial charge is 0.481 e. The zero-order valence-electron chi connectivity index (χ0n) is 9.54. The van der Waals surface area contributed by atoms with Gasteiger partial charge in [0.1, 0.15) is 6.04 Å². The first kappa shape index (κ1) is 14.2. The Morgan fingerprint density at radius 2 is 2.12 bits per heavy atom. The standard InChI is InChI=1S/C10H16F3NO3/c1-17-5-4-14(7-2-3-7)8(6-9(15)16)10(11,12)13/h7-8H,2-6H2,1H3,(H,15,16). The second kappa shape index (κ2) is 5.68. The van der Waals surface area contributed by atoms with Crippen molar-refractivity contribution < 1.29 is 27.8 Å². The second-order valence-electron chi connectivity index (χ2n) is 4.12. The van der Waals surface area contributed by atoms with E-state index in [0.717, 1.165) is 0 Å². The highest BCUT2D eigenvalue weighted by Crippen LogP contribution is 2.35. The van der Waals surface area contributed by atoms with E-state index in [9.17, 15) is 18.0 Å². The van der Waals surface area contributed by atoms with E-state index in [-0.39, 0.29) is 19.2 Å². The van der Waals surface area contributed by atoms with Gasteiger partial charge in [0, 0.05) is 19.7 Å². The summed E-state index contributed by atoms with van der Waals surface area (Å²) < 4.78 is 43.2. The van der Waals surface area contributed by atoms with Crippen LogP contribution in [0, 0.1) is 0 Å². The van der Waals surface area contributed by atoms with E-state index < -0.39 is 24.6 Å². The van der Waals surface area contributed by atoms with Crippen LogP contribution in [0.5, 0.6) is 0 Å². The molecule has 100 valence electrons. The van der Waals surface area contributed by atoms with Gasteiger partial charge in [-0.25, -0.2) is 0 Å². The highest BCUT2D eigenvalue weighted by molar-refractivity contribution is 5.67. The molecule has 7 heteroatoms. The van der Waals surface area contributed by atoms with Crippen molar-refractivity contribution in [1.82, 2.24) is 4.90 Å². The van der Waals surface area contributed by atoms with E-state index in [1.54, 1.807) is 0 Å². The van der Waals surface area contributed by atoms with Crippen LogP contribution in [0.1, 0.15) is 19.3 Å². The lowest BCUT2D eigenvalue weighted by Crippen LogP contribution is -2.49. The smallest absolute Gasteiger partial charge is 0.404 e. The van der Waals surface area contributed by atoms with E-state index in [1.165, 1.54) is 12.0 Å². The van der Waals surface area contributed by atoms with Crippen molar-refractivity contribution in [3.8, 4) is 0 Å². The van der Waals surface area contributed by atoms with Crippen molar-refractivity contribution in [1.29, 1.82) is 0 Å². The summed E-state index contributed by atoms with van der Waals surface area (Å²) in [6, 6.07) is -2.07. The topological polar surface area (TPSA) is 49.8 Å². The Bertz CT molecular complexity index is 266. The fourth-order valence-corrected chi connectivity index (χ4v) is 1.78. The maximum atomic E-state index is 12.8. The van der Waals surface area contributed by atoms with Gasteiger partial charge in [-0.3, -0.25) is 9.69 Å². The number of hydrogen-bond donors (Lipinski definition) is 1. The monoisotopic (exact) mass is 255 g/mol. The summed E-state index contributed by atoms with van der Waals surface area (Å²) in [5.74, 6) is -1.43. The normalized spacial score (nSPS) is 18.4. The summed E-state index contributed by atoms with van der Waals surface area (Å²) >= 11 is 0. The Hall–Kier alpha value is -0.820. The number of carboxylic acid groups (broad SMARTS) is 1. The average molecular weight is 255 g/mol. The molecule has 1 aliphatic carbocycles. The lowest BCUT2D eigenvalue weighted by Gasteiger charge is -2.32. The minimum absolute atomic E-state index is 0.110. The van der Waals surface area contributed by atoms with E-state index in [0.29, 0.717) is 12.8 Å². The van der Waals surface area contributed by atoms with Gasteiger partial charge in [-0.2, -0.15) is 13.2 Å². The lowest BCUT2D eigenvalue weighted by molar-refractivity contribution is -0.193. The molecule has 1 N–H and O–H groups in total. The number of carboxylic acids is 1. The zero-order valence-corrected chi connectivity index (χ0v) is 9.54. The first-order valence-corrected chi connectivity index (χ1v) is 5.39. The minimum atomic E-state index is -4.52. The van der Waals surface area contributed by atoms with Gasteiger partial charge in [-0.05, 0) is 12.8 Å². The molecule has 0 amide bonds. The minimum Gasteiger partial charge on any atom is -0.481 e. The number of nitrogens with zero attached hydrogens (tertiary/aromatic N) is 1. The predicted molar refractivity (Wildman–Crippen MR) is 53.7 cm³/mol. The zero-order chi connectivity index (χ0) is 13.1. The molecule has 0 aliphatic heterocycles. The third kappa shape index (κ3) is 4.51. The van der Waals surface area contributed by atoms with E-state index in [2.05, 4.69) is 0 Å². The maximum absolute atomic E-state index is 12.8. The fourth-order valence-electron chi connectivity index (χ4n) is 1.78. The number of rotatable bonds is 7. The number of ether oxygens (including phenoxy) is 1. The van der Waals surface area contributed by atoms with Crippen LogP contribution in [0.4, 0.5) is 13.2 Å². The van der Waals surface area contributed by atoms with Crippen molar-refractivity contribution >= 4 is 5.97 Å². The summed E-state index contributed by atoms with van der Waals surface area (Å²) in [5.41, 5.74) is 0. The highest BCUT2D eigenvalue weighted by atomic mass is 19.4. The van der Waals surface area contributed by atoms with Crippen LogP contribution in [0.25, 0.3) is 0 Å². The van der Waals surface area contributed by atoms with Crippen LogP contribution in [0.15, 0.2) is 0 Å². The van der Waals surface area contributed by atoms with Crippen LogP contribution < -0.4 is 0 Å². The average Bonchev–Trinajstić information content (AvgIpc) is 2.98. The molecule has 0 aromatic carbocycles. The maximum Gasteiger partial charge on any atom is 0.404 e. The third-order valence-electron chi connectivity index (χ3n) is 2.72. The number of aliphatic carboxylic acids is 1.